The van der Waals surface area contributed by atoms with Crippen LogP contribution in [0.3, 0.4) is 0 Å². The van der Waals surface area contributed by atoms with Gasteiger partial charge in [-0.3, -0.25) is 4.68 Å². The number of benzene rings is 1. The quantitative estimate of drug-likeness (QED) is 0.831. The van der Waals surface area contributed by atoms with E-state index in [1.165, 1.54) is 22.4 Å². The largest absolute Gasteiger partial charge is 0.359 e. The highest BCUT2D eigenvalue weighted by Gasteiger charge is 2.13. The second-order valence-electron chi connectivity index (χ2n) is 5.54. The third-order valence-corrected chi connectivity index (χ3v) is 4.09. The van der Waals surface area contributed by atoms with Gasteiger partial charge in [0, 0.05) is 24.3 Å². The molecule has 5 heteroatoms. The Balaban J connectivity index is 1.88. The molecule has 0 fully saturated rings. The van der Waals surface area contributed by atoms with Gasteiger partial charge in [0.2, 0.25) is 0 Å². The standard InChI is InChI=1S/C17H24N4S/c1-5-21-14(4)16(11-19-21)13(3)20-17(22)18-10-15-8-6-12(2)7-9-15/h6-9,11,13H,5,10H2,1-4H3,(H2,18,20,22). The minimum atomic E-state index is 0.137. The van der Waals surface area contributed by atoms with Crippen LogP contribution in [0.25, 0.3) is 0 Å². The van der Waals surface area contributed by atoms with Crippen molar-refractivity contribution < 1.29 is 0 Å². The van der Waals surface area contributed by atoms with Crippen LogP contribution in [0.4, 0.5) is 0 Å². The Morgan fingerprint density at radius 1 is 1.27 bits per heavy atom. The van der Waals surface area contributed by atoms with Crippen LogP contribution in [0.5, 0.6) is 0 Å². The maximum absolute atomic E-state index is 5.38. The van der Waals surface area contributed by atoms with Crippen LogP contribution in [0.2, 0.25) is 0 Å². The van der Waals surface area contributed by atoms with E-state index >= 15 is 0 Å². The molecule has 0 amide bonds. The SMILES string of the molecule is CCn1ncc(C(C)NC(=S)NCc2ccc(C)cc2)c1C. The van der Waals surface area contributed by atoms with E-state index in [2.05, 4.69) is 67.7 Å². The van der Waals surface area contributed by atoms with E-state index < -0.39 is 0 Å². The van der Waals surface area contributed by atoms with Crippen LogP contribution in [0.1, 0.15) is 42.3 Å². The minimum Gasteiger partial charge on any atom is -0.359 e. The second kappa shape index (κ2) is 7.40. The molecular weight excluding hydrogens is 292 g/mol. The molecule has 2 rings (SSSR count). The van der Waals surface area contributed by atoms with Gasteiger partial charge in [0.05, 0.1) is 12.2 Å². The smallest absolute Gasteiger partial charge is 0.167 e. The van der Waals surface area contributed by atoms with E-state index in [1.807, 2.05) is 10.9 Å². The fourth-order valence-electron chi connectivity index (χ4n) is 2.42. The van der Waals surface area contributed by atoms with Gasteiger partial charge in [0.15, 0.2) is 5.11 Å². The molecule has 22 heavy (non-hydrogen) atoms. The van der Waals surface area contributed by atoms with E-state index in [4.69, 9.17) is 12.2 Å². The van der Waals surface area contributed by atoms with Gasteiger partial charge in [-0.25, -0.2) is 0 Å². The predicted octanol–water partition coefficient (Wildman–Crippen LogP) is 3.25. The molecule has 0 saturated carbocycles. The molecular formula is C17H24N4S. The molecule has 0 bridgehead atoms. The fourth-order valence-corrected chi connectivity index (χ4v) is 2.67. The zero-order valence-electron chi connectivity index (χ0n) is 13.7. The molecule has 118 valence electrons. The number of aryl methyl sites for hydroxylation is 2. The number of hydrogen-bond donors (Lipinski definition) is 2. The molecule has 1 unspecified atom stereocenters. The molecule has 1 heterocycles. The van der Waals surface area contributed by atoms with Crippen molar-refractivity contribution >= 4 is 17.3 Å². The average Bonchev–Trinajstić information content (AvgIpc) is 2.87. The monoisotopic (exact) mass is 316 g/mol. The summed E-state index contributed by atoms with van der Waals surface area (Å²) in [5.74, 6) is 0. The van der Waals surface area contributed by atoms with Crippen LogP contribution >= 0.6 is 12.2 Å². The summed E-state index contributed by atoms with van der Waals surface area (Å²) in [6.07, 6.45) is 1.92. The van der Waals surface area contributed by atoms with Crippen molar-refractivity contribution in [2.24, 2.45) is 0 Å². The number of nitrogens with zero attached hydrogens (tertiary/aromatic N) is 2. The predicted molar refractivity (Wildman–Crippen MR) is 94.8 cm³/mol. The average molecular weight is 316 g/mol. The summed E-state index contributed by atoms with van der Waals surface area (Å²) < 4.78 is 2.00. The van der Waals surface area contributed by atoms with E-state index in [-0.39, 0.29) is 6.04 Å². The lowest BCUT2D eigenvalue weighted by atomic mass is 10.1. The summed E-state index contributed by atoms with van der Waals surface area (Å²) in [5.41, 5.74) is 4.85. The summed E-state index contributed by atoms with van der Waals surface area (Å²) in [6, 6.07) is 8.59. The molecule has 0 aliphatic heterocycles. The zero-order valence-corrected chi connectivity index (χ0v) is 14.5. The van der Waals surface area contributed by atoms with Gasteiger partial charge in [-0.15, -0.1) is 0 Å². The van der Waals surface area contributed by atoms with E-state index in [9.17, 15) is 0 Å². The lowest BCUT2D eigenvalue weighted by molar-refractivity contribution is 0.631. The molecule has 0 spiro atoms. The van der Waals surface area contributed by atoms with Gasteiger partial charge in [-0.2, -0.15) is 5.10 Å². The normalized spacial score (nSPS) is 12.0. The van der Waals surface area contributed by atoms with Gasteiger partial charge in [-0.05, 0) is 45.5 Å². The van der Waals surface area contributed by atoms with Crippen molar-refractivity contribution in [3.05, 3.63) is 52.8 Å². The van der Waals surface area contributed by atoms with Crippen LogP contribution < -0.4 is 10.6 Å². The third-order valence-electron chi connectivity index (χ3n) is 3.83. The first-order valence-electron chi connectivity index (χ1n) is 7.63. The Morgan fingerprint density at radius 2 is 1.95 bits per heavy atom. The van der Waals surface area contributed by atoms with Crippen molar-refractivity contribution in [1.82, 2.24) is 20.4 Å². The highest BCUT2D eigenvalue weighted by molar-refractivity contribution is 7.80. The summed E-state index contributed by atoms with van der Waals surface area (Å²) >= 11 is 5.38. The van der Waals surface area contributed by atoms with Crippen LogP contribution in [-0.4, -0.2) is 14.9 Å². The lowest BCUT2D eigenvalue weighted by Gasteiger charge is -2.17. The molecule has 0 aliphatic carbocycles. The lowest BCUT2D eigenvalue weighted by Crippen LogP contribution is -2.36. The Bertz CT molecular complexity index is 631. The maximum Gasteiger partial charge on any atom is 0.167 e. The van der Waals surface area contributed by atoms with Gasteiger partial charge >= 0.3 is 0 Å². The molecule has 1 aromatic heterocycles. The van der Waals surface area contributed by atoms with Crippen LogP contribution in [0.15, 0.2) is 30.5 Å². The number of aromatic nitrogens is 2. The van der Waals surface area contributed by atoms with Gasteiger partial charge in [0.25, 0.3) is 0 Å². The summed E-state index contributed by atoms with van der Waals surface area (Å²) in [7, 11) is 0. The van der Waals surface area contributed by atoms with Crippen molar-refractivity contribution in [3.8, 4) is 0 Å². The summed E-state index contributed by atoms with van der Waals surface area (Å²) in [5, 5.41) is 11.6. The van der Waals surface area contributed by atoms with Crippen LogP contribution in [0, 0.1) is 13.8 Å². The molecule has 0 aliphatic rings. The number of nitrogens with one attached hydrogen (secondary N) is 2. The Kier molecular flexibility index (Phi) is 5.55. The molecule has 1 aromatic carbocycles. The Hall–Kier alpha value is -1.88. The maximum atomic E-state index is 5.38. The van der Waals surface area contributed by atoms with Crippen molar-refractivity contribution in [3.63, 3.8) is 0 Å². The topological polar surface area (TPSA) is 41.9 Å². The first-order valence-corrected chi connectivity index (χ1v) is 8.04. The van der Waals surface area contributed by atoms with Gasteiger partial charge < -0.3 is 10.6 Å². The molecule has 0 saturated heterocycles. The minimum absolute atomic E-state index is 0.137. The number of thiocarbonyl (C=S) groups is 1. The molecule has 1 atom stereocenters. The van der Waals surface area contributed by atoms with Crippen molar-refractivity contribution in [2.75, 3.05) is 0 Å². The van der Waals surface area contributed by atoms with Gasteiger partial charge in [-0.1, -0.05) is 29.8 Å². The van der Waals surface area contributed by atoms with Gasteiger partial charge in [0.1, 0.15) is 0 Å². The van der Waals surface area contributed by atoms with Crippen molar-refractivity contribution in [2.45, 2.75) is 46.8 Å². The molecule has 0 radical (unpaired) electrons. The second-order valence-corrected chi connectivity index (χ2v) is 5.94. The highest BCUT2D eigenvalue weighted by atomic mass is 32.1. The molecule has 2 aromatic rings. The number of hydrogen-bond acceptors (Lipinski definition) is 2. The van der Waals surface area contributed by atoms with E-state index in [0.717, 1.165) is 13.1 Å². The summed E-state index contributed by atoms with van der Waals surface area (Å²) in [6.45, 7) is 9.98. The number of rotatable bonds is 5. The molecule has 2 N–H and O–H groups in total. The summed E-state index contributed by atoms with van der Waals surface area (Å²) in [4.78, 5) is 0. The first-order chi connectivity index (χ1) is 10.5. The first kappa shape index (κ1) is 16.5. The molecule has 4 nitrogen and oxygen atoms in total. The van der Waals surface area contributed by atoms with Crippen molar-refractivity contribution in [1.29, 1.82) is 0 Å². The Morgan fingerprint density at radius 3 is 2.55 bits per heavy atom. The van der Waals surface area contributed by atoms with E-state index in [1.54, 1.807) is 0 Å². The Labute approximate surface area is 137 Å². The third kappa shape index (κ3) is 4.07. The zero-order chi connectivity index (χ0) is 16.1. The van der Waals surface area contributed by atoms with E-state index in [0.29, 0.717) is 5.11 Å². The highest BCUT2D eigenvalue weighted by Crippen LogP contribution is 2.16. The fraction of sp³-hybridized carbons (Fsp3) is 0.412. The van der Waals surface area contributed by atoms with Crippen LogP contribution in [-0.2, 0) is 13.1 Å².